The van der Waals surface area contributed by atoms with Gasteiger partial charge in [-0.05, 0) is 12.3 Å². The van der Waals surface area contributed by atoms with Gasteiger partial charge in [-0.1, -0.05) is 13.8 Å². The molecular formula is C15H26N2O6. The molecule has 2 N–H and O–H groups in total. The van der Waals surface area contributed by atoms with Crippen LogP contribution in [0.2, 0.25) is 0 Å². The van der Waals surface area contributed by atoms with Gasteiger partial charge in [-0.2, -0.15) is 0 Å². The summed E-state index contributed by atoms with van der Waals surface area (Å²) in [7, 11) is 1.45. The normalized spacial score (nSPS) is 29.9. The van der Waals surface area contributed by atoms with Crippen LogP contribution in [0.1, 0.15) is 20.3 Å². The third kappa shape index (κ3) is 3.65. The van der Waals surface area contributed by atoms with Gasteiger partial charge >= 0.3 is 0 Å². The highest BCUT2D eigenvalue weighted by Crippen LogP contribution is 2.26. The number of hydrogen-bond donors (Lipinski definition) is 2. The molecule has 0 aromatic carbocycles. The smallest absolute Gasteiger partial charge is 0.248 e. The Morgan fingerprint density at radius 2 is 2.04 bits per heavy atom. The molecule has 2 amide bonds. The fourth-order valence-corrected chi connectivity index (χ4v) is 3.25. The number of carbonyl (C=O) groups is 2. The lowest BCUT2D eigenvalue weighted by Gasteiger charge is -2.49. The second-order valence-electron chi connectivity index (χ2n) is 6.45. The molecule has 2 aliphatic rings. The highest BCUT2D eigenvalue weighted by atomic mass is 16.7. The van der Waals surface area contributed by atoms with Gasteiger partial charge in [0, 0.05) is 7.11 Å². The molecule has 4 atom stereocenters. The average molecular weight is 330 g/mol. The van der Waals surface area contributed by atoms with Crippen LogP contribution in [0.25, 0.3) is 0 Å². The summed E-state index contributed by atoms with van der Waals surface area (Å²) >= 11 is 0. The molecule has 0 aromatic heterocycles. The first-order valence-electron chi connectivity index (χ1n) is 7.92. The van der Waals surface area contributed by atoms with E-state index in [-0.39, 0.29) is 44.0 Å². The molecule has 0 bridgehead atoms. The van der Waals surface area contributed by atoms with Crippen LogP contribution in [0.3, 0.4) is 0 Å². The molecule has 2 saturated heterocycles. The Kier molecular flexibility index (Phi) is 5.96. The number of amides is 2. The predicted molar refractivity (Wildman–Crippen MR) is 80.3 cm³/mol. The SMILES string of the molecule is COC1CN2C(=O)CN([C@H](CO)CC(C)C)C(=O)[C@@H]2[C@H](CO)O1. The number of rotatable bonds is 6. The molecule has 2 fully saturated rings. The zero-order chi connectivity index (χ0) is 17.1. The fraction of sp³-hybridized carbons (Fsp3) is 0.867. The third-order valence-corrected chi connectivity index (χ3v) is 4.36. The van der Waals surface area contributed by atoms with Crippen molar-refractivity contribution in [2.24, 2.45) is 5.92 Å². The van der Waals surface area contributed by atoms with E-state index in [1.54, 1.807) is 0 Å². The molecule has 1 unspecified atom stereocenters. The summed E-state index contributed by atoms with van der Waals surface area (Å²) in [5.41, 5.74) is 0. The lowest BCUT2D eigenvalue weighted by atomic mass is 9.97. The molecule has 8 nitrogen and oxygen atoms in total. The minimum atomic E-state index is -0.867. The second-order valence-corrected chi connectivity index (χ2v) is 6.45. The third-order valence-electron chi connectivity index (χ3n) is 4.36. The summed E-state index contributed by atoms with van der Waals surface area (Å²) < 4.78 is 10.7. The van der Waals surface area contributed by atoms with Gasteiger partial charge in [-0.3, -0.25) is 9.59 Å². The van der Waals surface area contributed by atoms with Crippen molar-refractivity contribution >= 4 is 11.8 Å². The van der Waals surface area contributed by atoms with Gasteiger partial charge in [0.25, 0.3) is 0 Å². The number of aliphatic hydroxyl groups excluding tert-OH is 2. The van der Waals surface area contributed by atoms with E-state index in [0.717, 1.165) is 0 Å². The van der Waals surface area contributed by atoms with Crippen LogP contribution in [0.5, 0.6) is 0 Å². The van der Waals surface area contributed by atoms with Gasteiger partial charge in [0.15, 0.2) is 6.29 Å². The summed E-state index contributed by atoms with van der Waals surface area (Å²) in [5, 5.41) is 19.1. The first kappa shape index (κ1) is 18.1. The topological polar surface area (TPSA) is 99.5 Å². The number of piperazine rings is 1. The Balaban J connectivity index is 2.23. The van der Waals surface area contributed by atoms with Crippen molar-refractivity contribution in [3.8, 4) is 0 Å². The first-order valence-corrected chi connectivity index (χ1v) is 7.92. The molecule has 2 rings (SSSR count). The average Bonchev–Trinajstić information content (AvgIpc) is 2.54. The predicted octanol–water partition coefficient (Wildman–Crippen LogP) is -1.20. The lowest BCUT2D eigenvalue weighted by Crippen LogP contribution is -2.70. The van der Waals surface area contributed by atoms with Crippen molar-refractivity contribution < 1.29 is 29.3 Å². The molecule has 0 aromatic rings. The molecule has 0 spiro atoms. The summed E-state index contributed by atoms with van der Waals surface area (Å²) in [5.74, 6) is -0.235. The van der Waals surface area contributed by atoms with Gasteiger partial charge in [0.1, 0.15) is 18.7 Å². The van der Waals surface area contributed by atoms with Gasteiger partial charge in [0.2, 0.25) is 11.8 Å². The highest BCUT2D eigenvalue weighted by Gasteiger charge is 2.49. The van der Waals surface area contributed by atoms with Crippen molar-refractivity contribution in [2.45, 2.75) is 44.7 Å². The van der Waals surface area contributed by atoms with E-state index in [4.69, 9.17) is 9.47 Å². The van der Waals surface area contributed by atoms with Crippen LogP contribution in [-0.2, 0) is 19.1 Å². The Labute approximate surface area is 135 Å². The molecule has 0 aliphatic carbocycles. The number of morpholine rings is 1. The Morgan fingerprint density at radius 3 is 2.57 bits per heavy atom. The van der Waals surface area contributed by atoms with Crippen molar-refractivity contribution in [1.29, 1.82) is 0 Å². The Hall–Kier alpha value is -1.22. The maximum Gasteiger partial charge on any atom is 0.248 e. The minimum Gasteiger partial charge on any atom is -0.394 e. The maximum atomic E-state index is 12.8. The van der Waals surface area contributed by atoms with Crippen LogP contribution >= 0.6 is 0 Å². The fourth-order valence-electron chi connectivity index (χ4n) is 3.25. The van der Waals surface area contributed by atoms with E-state index < -0.39 is 24.5 Å². The van der Waals surface area contributed by atoms with Crippen LogP contribution < -0.4 is 0 Å². The van der Waals surface area contributed by atoms with Crippen LogP contribution in [0.15, 0.2) is 0 Å². The van der Waals surface area contributed by atoms with E-state index in [0.29, 0.717) is 6.42 Å². The van der Waals surface area contributed by atoms with E-state index in [9.17, 15) is 19.8 Å². The number of hydrogen-bond acceptors (Lipinski definition) is 6. The molecule has 0 saturated carbocycles. The molecule has 8 heteroatoms. The maximum absolute atomic E-state index is 12.8. The molecule has 0 radical (unpaired) electrons. The van der Waals surface area contributed by atoms with Crippen LogP contribution in [-0.4, -0.2) is 89.7 Å². The van der Waals surface area contributed by atoms with Crippen molar-refractivity contribution in [2.75, 3.05) is 33.4 Å². The van der Waals surface area contributed by atoms with Crippen molar-refractivity contribution in [3.05, 3.63) is 0 Å². The van der Waals surface area contributed by atoms with Gasteiger partial charge in [0.05, 0.1) is 25.8 Å². The monoisotopic (exact) mass is 330 g/mol. The molecule has 23 heavy (non-hydrogen) atoms. The first-order chi connectivity index (χ1) is 10.9. The number of aliphatic hydroxyl groups is 2. The number of carbonyl (C=O) groups excluding carboxylic acids is 2. The van der Waals surface area contributed by atoms with E-state index >= 15 is 0 Å². The number of methoxy groups -OCH3 is 1. The standard InChI is InChI=1S/C15H26N2O6/c1-9(2)4-10(7-18)16-5-12(20)17-6-13(22-3)23-11(8-19)14(17)15(16)21/h9-11,13-14,18-19H,4-8H2,1-3H3/t10-,11-,13?,14-/m0/s1. The Morgan fingerprint density at radius 1 is 1.35 bits per heavy atom. The second kappa shape index (κ2) is 7.57. The van der Waals surface area contributed by atoms with E-state index in [2.05, 4.69) is 0 Å². The summed E-state index contributed by atoms with van der Waals surface area (Å²) in [6.07, 6.45) is -0.879. The highest BCUT2D eigenvalue weighted by molar-refractivity contribution is 5.95. The van der Waals surface area contributed by atoms with Crippen molar-refractivity contribution in [1.82, 2.24) is 9.80 Å². The lowest BCUT2D eigenvalue weighted by molar-refractivity contribution is -0.232. The summed E-state index contributed by atoms with van der Waals surface area (Å²) in [6.45, 7) is 3.49. The minimum absolute atomic E-state index is 0.0676. The van der Waals surface area contributed by atoms with Crippen LogP contribution in [0.4, 0.5) is 0 Å². The molecule has 2 aliphatic heterocycles. The zero-order valence-electron chi connectivity index (χ0n) is 13.8. The quantitative estimate of drug-likeness (QED) is 0.634. The van der Waals surface area contributed by atoms with Crippen LogP contribution in [0, 0.1) is 5.92 Å². The molecular weight excluding hydrogens is 304 g/mol. The van der Waals surface area contributed by atoms with E-state index in [1.165, 1.54) is 16.9 Å². The van der Waals surface area contributed by atoms with Gasteiger partial charge in [-0.15, -0.1) is 0 Å². The largest absolute Gasteiger partial charge is 0.394 e. The zero-order valence-corrected chi connectivity index (χ0v) is 13.8. The molecule has 2 heterocycles. The number of ether oxygens (including phenoxy) is 2. The van der Waals surface area contributed by atoms with Gasteiger partial charge in [-0.25, -0.2) is 0 Å². The van der Waals surface area contributed by atoms with Gasteiger partial charge < -0.3 is 29.5 Å². The molecule has 132 valence electrons. The Bertz CT molecular complexity index is 444. The van der Waals surface area contributed by atoms with E-state index in [1.807, 2.05) is 13.8 Å². The number of fused-ring (bicyclic) bond motifs is 1. The summed E-state index contributed by atoms with van der Waals surface area (Å²) in [4.78, 5) is 28.1. The van der Waals surface area contributed by atoms with Crippen molar-refractivity contribution in [3.63, 3.8) is 0 Å². The summed E-state index contributed by atoms with van der Waals surface area (Å²) in [6, 6.07) is -1.28. The number of nitrogens with zero attached hydrogens (tertiary/aromatic N) is 2.